The number of para-hydroxylation sites is 1. The molecule has 0 N–H and O–H groups in total. The zero-order chi connectivity index (χ0) is 16.8. The van der Waals surface area contributed by atoms with E-state index in [1.165, 1.54) is 0 Å². The van der Waals surface area contributed by atoms with Gasteiger partial charge in [0.2, 0.25) is 5.75 Å². The zero-order valence-corrected chi connectivity index (χ0v) is 13.9. The first-order valence-electron chi connectivity index (χ1n) is 7.97. The van der Waals surface area contributed by atoms with Crippen molar-refractivity contribution in [1.82, 2.24) is 9.38 Å². The predicted octanol–water partition coefficient (Wildman–Crippen LogP) is 3.48. The summed E-state index contributed by atoms with van der Waals surface area (Å²) in [6.07, 6.45) is 1.74. The van der Waals surface area contributed by atoms with Crippen LogP contribution in [0.4, 0.5) is 0 Å². The van der Waals surface area contributed by atoms with Crippen LogP contribution in [0.5, 0.6) is 11.5 Å². The summed E-state index contributed by atoms with van der Waals surface area (Å²) in [6.45, 7) is 4.52. The normalized spacial score (nSPS) is 11.8. The molecule has 122 valence electrons. The van der Waals surface area contributed by atoms with E-state index in [1.807, 2.05) is 44.2 Å². The summed E-state index contributed by atoms with van der Waals surface area (Å²) in [7, 11) is 1.54. The number of ether oxygens (including phenoxy) is 2. The lowest BCUT2D eigenvalue weighted by atomic mass is 10.2. The molecule has 0 unspecified atom stereocenters. The Morgan fingerprint density at radius 2 is 1.92 bits per heavy atom. The third kappa shape index (κ3) is 1.94. The number of rotatable bonds is 4. The molecule has 0 bridgehead atoms. The lowest BCUT2D eigenvalue weighted by molar-refractivity contribution is 0.254. The fourth-order valence-electron chi connectivity index (χ4n) is 3.16. The van der Waals surface area contributed by atoms with Gasteiger partial charge in [-0.25, -0.2) is 0 Å². The smallest absolute Gasteiger partial charge is 0.302 e. The second-order valence-electron chi connectivity index (χ2n) is 6.28. The number of fused-ring (bicyclic) bond motifs is 3. The predicted molar refractivity (Wildman–Crippen MR) is 94.5 cm³/mol. The van der Waals surface area contributed by atoms with Gasteiger partial charge in [-0.1, -0.05) is 32.0 Å². The van der Waals surface area contributed by atoms with Crippen molar-refractivity contribution in [2.45, 2.75) is 13.8 Å². The Morgan fingerprint density at radius 1 is 1.12 bits per heavy atom. The third-order valence-electron chi connectivity index (χ3n) is 4.17. The molecule has 0 spiro atoms. The van der Waals surface area contributed by atoms with Crippen LogP contribution in [-0.4, -0.2) is 23.1 Å². The van der Waals surface area contributed by atoms with E-state index >= 15 is 0 Å². The Hall–Kier alpha value is -2.82. The van der Waals surface area contributed by atoms with Crippen LogP contribution in [0.2, 0.25) is 0 Å². The molecule has 0 amide bonds. The van der Waals surface area contributed by atoms with Crippen LogP contribution in [0.25, 0.3) is 27.3 Å². The van der Waals surface area contributed by atoms with Crippen molar-refractivity contribution >= 4 is 27.3 Å². The van der Waals surface area contributed by atoms with Gasteiger partial charge in [-0.05, 0) is 18.1 Å². The second kappa shape index (κ2) is 5.37. The minimum Gasteiger partial charge on any atom is -0.491 e. The van der Waals surface area contributed by atoms with Crippen LogP contribution >= 0.6 is 0 Å². The van der Waals surface area contributed by atoms with Crippen LogP contribution in [0, 0.1) is 5.92 Å². The van der Waals surface area contributed by atoms with E-state index in [1.54, 1.807) is 17.7 Å². The second-order valence-corrected chi connectivity index (χ2v) is 6.28. The highest BCUT2D eigenvalue weighted by molar-refractivity contribution is 6.14. The molecule has 4 rings (SSSR count). The topological polar surface area (TPSA) is 52.8 Å². The van der Waals surface area contributed by atoms with Gasteiger partial charge in [-0.2, -0.15) is 0 Å². The Bertz CT molecular complexity index is 1100. The van der Waals surface area contributed by atoms with Crippen molar-refractivity contribution in [2.24, 2.45) is 5.92 Å². The molecule has 0 aliphatic carbocycles. The molecule has 5 heteroatoms. The summed E-state index contributed by atoms with van der Waals surface area (Å²) in [5.74, 6) is 0.927. The lowest BCUT2D eigenvalue weighted by Gasteiger charge is -2.14. The SMILES string of the molecule is COc1c(OCC(C)C)c(=O)n2c3ccccc3c3ccnc1c32. The quantitative estimate of drug-likeness (QED) is 0.577. The number of pyridine rings is 2. The van der Waals surface area contributed by atoms with E-state index in [9.17, 15) is 4.79 Å². The lowest BCUT2D eigenvalue weighted by Crippen LogP contribution is -2.19. The molecule has 24 heavy (non-hydrogen) atoms. The molecule has 3 aromatic heterocycles. The molecule has 0 saturated carbocycles. The summed E-state index contributed by atoms with van der Waals surface area (Å²) in [4.78, 5) is 17.6. The van der Waals surface area contributed by atoms with Gasteiger partial charge in [0.05, 0.1) is 24.8 Å². The average molecular weight is 322 g/mol. The van der Waals surface area contributed by atoms with Crippen LogP contribution in [0.1, 0.15) is 13.8 Å². The number of hydrogen-bond acceptors (Lipinski definition) is 4. The van der Waals surface area contributed by atoms with Crippen LogP contribution in [0.3, 0.4) is 0 Å². The van der Waals surface area contributed by atoms with Crippen molar-refractivity contribution in [3.63, 3.8) is 0 Å². The van der Waals surface area contributed by atoms with E-state index in [0.29, 0.717) is 23.8 Å². The van der Waals surface area contributed by atoms with Gasteiger partial charge in [-0.3, -0.25) is 14.2 Å². The van der Waals surface area contributed by atoms with Crippen molar-refractivity contribution in [3.05, 3.63) is 46.9 Å². The first kappa shape index (κ1) is 14.8. The van der Waals surface area contributed by atoms with Crippen molar-refractivity contribution < 1.29 is 9.47 Å². The molecule has 5 nitrogen and oxygen atoms in total. The molecule has 0 radical (unpaired) electrons. The molecule has 0 atom stereocenters. The van der Waals surface area contributed by atoms with E-state index < -0.39 is 0 Å². The van der Waals surface area contributed by atoms with Gasteiger partial charge in [0.25, 0.3) is 0 Å². The highest BCUT2D eigenvalue weighted by atomic mass is 16.5. The zero-order valence-electron chi connectivity index (χ0n) is 13.9. The number of nitrogens with zero attached hydrogens (tertiary/aromatic N) is 2. The molecule has 0 aliphatic heterocycles. The van der Waals surface area contributed by atoms with Gasteiger partial charge < -0.3 is 9.47 Å². The van der Waals surface area contributed by atoms with Crippen molar-refractivity contribution in [2.75, 3.05) is 13.7 Å². The first-order chi connectivity index (χ1) is 11.6. The van der Waals surface area contributed by atoms with Gasteiger partial charge in [-0.15, -0.1) is 0 Å². The molecule has 0 aliphatic rings. The monoisotopic (exact) mass is 322 g/mol. The fraction of sp³-hybridized carbons (Fsp3) is 0.263. The van der Waals surface area contributed by atoms with Gasteiger partial charge >= 0.3 is 5.56 Å². The fourth-order valence-corrected chi connectivity index (χ4v) is 3.16. The highest BCUT2D eigenvalue weighted by Crippen LogP contribution is 2.37. The largest absolute Gasteiger partial charge is 0.491 e. The Kier molecular flexibility index (Phi) is 3.30. The molecule has 1 aromatic carbocycles. The van der Waals surface area contributed by atoms with E-state index in [-0.39, 0.29) is 11.3 Å². The highest BCUT2D eigenvalue weighted by Gasteiger charge is 2.23. The average Bonchev–Trinajstić information content (AvgIpc) is 2.92. The van der Waals surface area contributed by atoms with E-state index in [2.05, 4.69) is 4.98 Å². The van der Waals surface area contributed by atoms with Crippen LogP contribution in [0.15, 0.2) is 41.3 Å². The summed E-state index contributed by atoms with van der Waals surface area (Å²) in [5, 5.41) is 2.01. The number of methoxy groups -OCH3 is 1. The molecule has 0 saturated heterocycles. The summed E-state index contributed by atoms with van der Waals surface area (Å²) in [6, 6.07) is 9.77. The minimum atomic E-state index is -0.209. The Morgan fingerprint density at radius 3 is 2.67 bits per heavy atom. The number of benzene rings is 1. The summed E-state index contributed by atoms with van der Waals surface area (Å²) in [5.41, 5.74) is 2.06. The van der Waals surface area contributed by atoms with Gasteiger partial charge in [0, 0.05) is 17.0 Å². The van der Waals surface area contributed by atoms with Crippen LogP contribution in [-0.2, 0) is 0 Å². The third-order valence-corrected chi connectivity index (χ3v) is 4.17. The molecule has 0 fully saturated rings. The van der Waals surface area contributed by atoms with Crippen molar-refractivity contribution in [3.8, 4) is 11.5 Å². The maximum Gasteiger partial charge on any atom is 0.302 e. The molecule has 3 heterocycles. The molecule has 4 aromatic rings. The maximum atomic E-state index is 13.1. The maximum absolute atomic E-state index is 13.1. The minimum absolute atomic E-state index is 0.209. The van der Waals surface area contributed by atoms with Gasteiger partial charge in [0.1, 0.15) is 5.52 Å². The van der Waals surface area contributed by atoms with E-state index in [4.69, 9.17) is 9.47 Å². The molecular weight excluding hydrogens is 304 g/mol. The molecular formula is C19H18N2O3. The Balaban J connectivity index is 2.20. The summed E-state index contributed by atoms with van der Waals surface area (Å²) < 4.78 is 13.0. The first-order valence-corrected chi connectivity index (χ1v) is 7.97. The number of hydrogen-bond donors (Lipinski definition) is 0. The van der Waals surface area contributed by atoms with Crippen molar-refractivity contribution in [1.29, 1.82) is 0 Å². The summed E-state index contributed by atoms with van der Waals surface area (Å²) >= 11 is 0. The van der Waals surface area contributed by atoms with E-state index in [0.717, 1.165) is 21.8 Å². The van der Waals surface area contributed by atoms with Gasteiger partial charge in [0.15, 0.2) is 5.75 Å². The number of aromatic nitrogens is 2. The standard InChI is InChI=1S/C19H18N2O3/c1-11(2)10-24-18-17(23-3)15-16-13(8-9-20-15)12-6-4-5-7-14(12)21(16)19(18)22/h4-9,11H,10H2,1-3H3. The van der Waals surface area contributed by atoms with Crippen LogP contribution < -0.4 is 15.0 Å². The Labute approximate surface area is 138 Å².